The van der Waals surface area contributed by atoms with E-state index < -0.39 is 10.0 Å². The molecule has 2 aromatic carbocycles. The van der Waals surface area contributed by atoms with Crippen LogP contribution in [0.15, 0.2) is 53.4 Å². The Bertz CT molecular complexity index is 896. The summed E-state index contributed by atoms with van der Waals surface area (Å²) < 4.78 is 33.4. The first kappa shape index (κ1) is 21.9. The lowest BCUT2D eigenvalue weighted by Gasteiger charge is -2.16. The highest BCUT2D eigenvalue weighted by Crippen LogP contribution is 2.23. The average Bonchev–Trinajstić information content (AvgIpc) is 2.65. The second-order valence-electron chi connectivity index (χ2n) is 7.04. The van der Waals surface area contributed by atoms with Gasteiger partial charge in [0.05, 0.1) is 17.6 Å². The highest BCUT2D eigenvalue weighted by atomic mass is 32.2. The van der Waals surface area contributed by atoms with Gasteiger partial charge in [0.2, 0.25) is 10.0 Å². The Kier molecular flexibility index (Phi) is 7.60. The normalized spacial score (nSPS) is 12.6. The highest BCUT2D eigenvalue weighted by molar-refractivity contribution is 7.89. The third-order valence-corrected chi connectivity index (χ3v) is 5.80. The lowest BCUT2D eigenvalue weighted by atomic mass is 10.1. The maximum atomic E-state index is 12.8. The van der Waals surface area contributed by atoms with Crippen LogP contribution in [-0.2, 0) is 16.4 Å². The summed E-state index contributed by atoms with van der Waals surface area (Å²) in [6, 6.07) is 13.9. The summed E-state index contributed by atoms with van der Waals surface area (Å²) in [6.07, 6.45) is 1.44. The van der Waals surface area contributed by atoms with Crippen LogP contribution < -0.4 is 14.8 Å². The molecule has 0 saturated heterocycles. The van der Waals surface area contributed by atoms with E-state index in [1.165, 1.54) is 25.3 Å². The zero-order chi connectivity index (χ0) is 20.7. The molecule has 1 atom stereocenters. The van der Waals surface area contributed by atoms with Gasteiger partial charge >= 0.3 is 0 Å². The Morgan fingerprint density at radius 3 is 2.36 bits per heavy atom. The summed E-state index contributed by atoms with van der Waals surface area (Å²) in [7, 11) is -2.31. The van der Waals surface area contributed by atoms with Gasteiger partial charge in [-0.3, -0.25) is 4.79 Å². The van der Waals surface area contributed by atoms with Crippen molar-refractivity contribution < 1.29 is 17.9 Å². The smallest absolute Gasteiger partial charge is 0.255 e. The minimum atomic E-state index is -3.76. The summed E-state index contributed by atoms with van der Waals surface area (Å²) >= 11 is 0. The third-order valence-electron chi connectivity index (χ3n) is 4.21. The number of hydrogen-bond acceptors (Lipinski definition) is 4. The summed E-state index contributed by atoms with van der Waals surface area (Å²) in [5, 5.41) is 2.76. The molecule has 0 spiro atoms. The number of nitrogens with one attached hydrogen (secondary N) is 2. The largest absolute Gasteiger partial charge is 0.496 e. The first-order valence-electron chi connectivity index (χ1n) is 9.28. The number of hydrogen-bond donors (Lipinski definition) is 2. The van der Waals surface area contributed by atoms with Crippen LogP contribution in [0.4, 0.5) is 0 Å². The van der Waals surface area contributed by atoms with Crippen LogP contribution in [0.2, 0.25) is 0 Å². The molecule has 7 heteroatoms. The maximum Gasteiger partial charge on any atom is 0.255 e. The molecule has 0 radical (unpaired) electrons. The molecule has 0 aliphatic rings. The van der Waals surface area contributed by atoms with E-state index in [1.807, 2.05) is 51.1 Å². The Hall–Kier alpha value is -2.38. The number of rotatable bonds is 9. The molecule has 1 amide bonds. The predicted molar refractivity (Wildman–Crippen MR) is 110 cm³/mol. The summed E-state index contributed by atoms with van der Waals surface area (Å²) in [4.78, 5) is 12.4. The number of ether oxygens (including phenoxy) is 1. The average molecular weight is 405 g/mol. The van der Waals surface area contributed by atoms with Gasteiger partial charge in [-0.25, -0.2) is 13.1 Å². The molecule has 2 aromatic rings. The molecule has 2 N–H and O–H groups in total. The van der Waals surface area contributed by atoms with Crippen LogP contribution in [0.5, 0.6) is 5.75 Å². The van der Waals surface area contributed by atoms with Crippen LogP contribution >= 0.6 is 0 Å². The van der Waals surface area contributed by atoms with E-state index >= 15 is 0 Å². The Labute approximate surface area is 167 Å². The van der Waals surface area contributed by atoms with E-state index in [9.17, 15) is 13.2 Å². The van der Waals surface area contributed by atoms with Gasteiger partial charge in [-0.05, 0) is 57.4 Å². The molecule has 0 aliphatic heterocycles. The topological polar surface area (TPSA) is 84.5 Å². The first-order valence-corrected chi connectivity index (χ1v) is 10.8. The van der Waals surface area contributed by atoms with E-state index in [-0.39, 0.29) is 28.4 Å². The minimum Gasteiger partial charge on any atom is -0.496 e. The van der Waals surface area contributed by atoms with Gasteiger partial charge in [0, 0.05) is 12.1 Å². The van der Waals surface area contributed by atoms with E-state index in [2.05, 4.69) is 10.0 Å². The second-order valence-corrected chi connectivity index (χ2v) is 8.75. The quantitative estimate of drug-likeness (QED) is 0.672. The van der Waals surface area contributed by atoms with Gasteiger partial charge in [0.25, 0.3) is 5.91 Å². The van der Waals surface area contributed by atoms with E-state index in [4.69, 9.17) is 4.74 Å². The fourth-order valence-electron chi connectivity index (χ4n) is 2.79. The molecule has 0 bridgehead atoms. The number of carbonyl (C=O) groups excluding carboxylic acids is 1. The number of sulfonamides is 1. The molecule has 2 rings (SSSR count). The monoisotopic (exact) mass is 404 g/mol. The van der Waals surface area contributed by atoms with Crippen molar-refractivity contribution in [1.29, 1.82) is 0 Å². The zero-order valence-corrected chi connectivity index (χ0v) is 17.5. The van der Waals surface area contributed by atoms with Gasteiger partial charge in [-0.15, -0.1) is 0 Å². The Morgan fingerprint density at radius 1 is 1.07 bits per heavy atom. The van der Waals surface area contributed by atoms with Crippen LogP contribution in [-0.4, -0.2) is 33.5 Å². The van der Waals surface area contributed by atoms with E-state index in [0.29, 0.717) is 12.2 Å². The summed E-state index contributed by atoms with van der Waals surface area (Å²) in [6.45, 7) is 5.50. The number of benzene rings is 2. The molecule has 0 fully saturated rings. The lowest BCUT2D eigenvalue weighted by Crippen LogP contribution is -2.33. The zero-order valence-electron chi connectivity index (χ0n) is 16.7. The van der Waals surface area contributed by atoms with Gasteiger partial charge in [-0.2, -0.15) is 0 Å². The lowest BCUT2D eigenvalue weighted by molar-refractivity contribution is 0.0940. The fourth-order valence-corrected chi connectivity index (χ4v) is 4.10. The fraction of sp³-hybridized carbons (Fsp3) is 0.381. The van der Waals surface area contributed by atoms with Gasteiger partial charge in [0.1, 0.15) is 5.75 Å². The van der Waals surface area contributed by atoms with Crippen LogP contribution in [0.25, 0.3) is 0 Å². The number of methoxy groups -OCH3 is 1. The van der Waals surface area contributed by atoms with Crippen molar-refractivity contribution in [1.82, 2.24) is 10.0 Å². The Balaban J connectivity index is 2.14. The molecule has 28 heavy (non-hydrogen) atoms. The van der Waals surface area contributed by atoms with Crippen molar-refractivity contribution in [2.24, 2.45) is 0 Å². The number of amides is 1. The number of aryl methyl sites for hydroxylation is 1. The predicted octanol–water partition coefficient (Wildman–Crippen LogP) is 3.13. The molecule has 152 valence electrons. The molecule has 0 aliphatic carbocycles. The molecule has 0 aromatic heterocycles. The molecular formula is C21H28N2O4S. The van der Waals surface area contributed by atoms with Crippen LogP contribution in [0, 0.1) is 0 Å². The molecule has 0 unspecified atom stereocenters. The third kappa shape index (κ3) is 6.07. The molecule has 0 saturated carbocycles. The minimum absolute atomic E-state index is 0.0359. The second kappa shape index (κ2) is 9.71. The maximum absolute atomic E-state index is 12.8. The summed E-state index contributed by atoms with van der Waals surface area (Å²) in [5.41, 5.74) is 1.35. The van der Waals surface area contributed by atoms with Crippen molar-refractivity contribution in [3.63, 3.8) is 0 Å². The van der Waals surface area contributed by atoms with Gasteiger partial charge in [0.15, 0.2) is 0 Å². The van der Waals surface area contributed by atoms with Crippen LogP contribution in [0.1, 0.15) is 43.1 Å². The molecule has 6 nitrogen and oxygen atoms in total. The molecule has 0 heterocycles. The molecular weight excluding hydrogens is 376 g/mol. The van der Waals surface area contributed by atoms with E-state index in [1.54, 1.807) is 0 Å². The van der Waals surface area contributed by atoms with Crippen molar-refractivity contribution in [2.75, 3.05) is 7.11 Å². The first-order chi connectivity index (χ1) is 13.2. The van der Waals surface area contributed by atoms with Gasteiger partial charge in [-0.1, -0.05) is 30.3 Å². The van der Waals surface area contributed by atoms with Crippen molar-refractivity contribution >= 4 is 15.9 Å². The summed E-state index contributed by atoms with van der Waals surface area (Å²) in [5.74, 6) is -0.0461. The Morgan fingerprint density at radius 2 is 1.75 bits per heavy atom. The highest BCUT2D eigenvalue weighted by Gasteiger charge is 2.21. The van der Waals surface area contributed by atoms with Crippen LogP contribution in [0.3, 0.4) is 0 Å². The van der Waals surface area contributed by atoms with Crippen molar-refractivity contribution in [3.8, 4) is 5.75 Å². The standard InChI is InChI=1S/C21H28N2O4S/c1-15(2)22-21(24)19-14-18(12-13-20(19)27-4)28(25,26)23-16(3)10-11-17-8-6-5-7-9-17/h5-9,12-16,23H,10-11H2,1-4H3,(H,22,24)/t16-/m1/s1. The van der Waals surface area contributed by atoms with E-state index in [0.717, 1.165) is 12.0 Å². The van der Waals surface area contributed by atoms with Crippen molar-refractivity contribution in [3.05, 3.63) is 59.7 Å². The van der Waals surface area contributed by atoms with Gasteiger partial charge < -0.3 is 10.1 Å². The van der Waals surface area contributed by atoms with Crippen molar-refractivity contribution in [2.45, 2.75) is 50.6 Å². The SMILES string of the molecule is COc1ccc(S(=O)(=O)N[C@H](C)CCc2ccccc2)cc1C(=O)NC(C)C. The number of carbonyl (C=O) groups is 1.